The van der Waals surface area contributed by atoms with E-state index in [0.29, 0.717) is 5.56 Å². The van der Waals surface area contributed by atoms with Gasteiger partial charge in [-0.25, -0.2) is 0 Å². The number of nitro benzene ring substituents is 1. The quantitative estimate of drug-likeness (QED) is 0.433. The van der Waals surface area contributed by atoms with Crippen molar-refractivity contribution in [3.63, 3.8) is 0 Å². The number of non-ortho nitro benzene ring substituents is 1. The molecule has 0 spiro atoms. The first-order chi connectivity index (χ1) is 12.7. The van der Waals surface area contributed by atoms with E-state index in [1.807, 2.05) is 13.8 Å². The number of nitro groups is 1. The fraction of sp³-hybridized carbons (Fsp3) is 0.412. The number of amides is 1. The molecule has 1 heterocycles. The van der Waals surface area contributed by atoms with E-state index < -0.39 is 15.7 Å². The Labute approximate surface area is 160 Å². The second-order valence-electron chi connectivity index (χ2n) is 6.40. The van der Waals surface area contributed by atoms with Crippen molar-refractivity contribution in [2.24, 2.45) is 5.92 Å². The molecule has 1 aromatic carbocycles. The molecule has 2 rings (SSSR count). The van der Waals surface area contributed by atoms with Crippen molar-refractivity contribution < 1.29 is 14.1 Å². The highest BCUT2D eigenvalue weighted by molar-refractivity contribution is 8.00. The van der Waals surface area contributed by atoms with E-state index in [9.17, 15) is 20.2 Å². The first kappa shape index (κ1) is 20.4. The molecule has 0 fully saturated rings. The van der Waals surface area contributed by atoms with Crippen LogP contribution in [0.1, 0.15) is 27.7 Å². The minimum Gasteiger partial charge on any atom is -0.411 e. The number of nitriles is 1. The van der Waals surface area contributed by atoms with E-state index >= 15 is 0 Å². The Morgan fingerprint density at radius 2 is 2.11 bits per heavy atom. The summed E-state index contributed by atoms with van der Waals surface area (Å²) in [5, 5.41) is 30.2. The van der Waals surface area contributed by atoms with Crippen LogP contribution >= 0.6 is 11.8 Å². The van der Waals surface area contributed by atoms with E-state index in [1.165, 1.54) is 18.2 Å². The van der Waals surface area contributed by atoms with Crippen LogP contribution in [0.3, 0.4) is 0 Å². The molecular weight excluding hydrogens is 370 g/mol. The van der Waals surface area contributed by atoms with Crippen LogP contribution in [0.5, 0.6) is 0 Å². The van der Waals surface area contributed by atoms with Gasteiger partial charge in [0.25, 0.3) is 10.9 Å². The Hall–Kier alpha value is -2.93. The molecule has 27 heavy (non-hydrogen) atoms. The topological polar surface area (TPSA) is 135 Å². The van der Waals surface area contributed by atoms with Crippen molar-refractivity contribution in [3.8, 4) is 17.5 Å². The zero-order chi connectivity index (χ0) is 20.2. The fourth-order valence-corrected chi connectivity index (χ4v) is 2.67. The molecule has 0 aliphatic carbocycles. The third-order valence-electron chi connectivity index (χ3n) is 4.13. The Bertz CT molecular complexity index is 891. The third-order valence-corrected chi connectivity index (χ3v) is 5.06. The van der Waals surface area contributed by atoms with Crippen LogP contribution in [0.15, 0.2) is 33.9 Å². The first-order valence-electron chi connectivity index (χ1n) is 8.14. The number of rotatable bonds is 7. The predicted octanol–water partition coefficient (Wildman–Crippen LogP) is 3.18. The van der Waals surface area contributed by atoms with Gasteiger partial charge in [-0.2, -0.15) is 5.26 Å². The lowest BCUT2D eigenvalue weighted by molar-refractivity contribution is -0.384. The van der Waals surface area contributed by atoms with Crippen molar-refractivity contribution in [3.05, 3.63) is 34.4 Å². The van der Waals surface area contributed by atoms with Crippen LogP contribution < -0.4 is 5.32 Å². The number of carbonyl (C=O) groups excluding carboxylic acids is 1. The number of carbonyl (C=O) groups is 1. The average molecular weight is 389 g/mol. The SMILES string of the molecule is CC(C)[C@@](C)(C#N)NC(=O)[C@H](C)Sc1nnc(-c2cccc([N+](=O)[O-])c2)o1. The summed E-state index contributed by atoms with van der Waals surface area (Å²) in [4.78, 5) is 22.7. The predicted molar refractivity (Wildman–Crippen MR) is 98.7 cm³/mol. The molecule has 2 aromatic rings. The molecule has 0 saturated heterocycles. The number of nitrogens with one attached hydrogen (secondary N) is 1. The van der Waals surface area contributed by atoms with Crippen molar-refractivity contribution in [2.45, 2.75) is 43.7 Å². The minimum absolute atomic E-state index is 0.0625. The Balaban J connectivity index is 2.09. The molecule has 0 saturated carbocycles. The number of nitrogens with zero attached hydrogens (tertiary/aromatic N) is 4. The summed E-state index contributed by atoms with van der Waals surface area (Å²) < 4.78 is 5.50. The van der Waals surface area contributed by atoms with E-state index in [-0.39, 0.29) is 28.6 Å². The van der Waals surface area contributed by atoms with Gasteiger partial charge in [-0.3, -0.25) is 14.9 Å². The van der Waals surface area contributed by atoms with Crippen LogP contribution in [0.4, 0.5) is 5.69 Å². The lowest BCUT2D eigenvalue weighted by atomic mass is 9.90. The van der Waals surface area contributed by atoms with E-state index in [1.54, 1.807) is 19.9 Å². The molecule has 1 N–H and O–H groups in total. The molecule has 1 amide bonds. The Morgan fingerprint density at radius 1 is 1.41 bits per heavy atom. The van der Waals surface area contributed by atoms with Gasteiger partial charge in [-0.05, 0) is 25.8 Å². The van der Waals surface area contributed by atoms with Crippen molar-refractivity contribution in [1.82, 2.24) is 15.5 Å². The monoisotopic (exact) mass is 389 g/mol. The van der Waals surface area contributed by atoms with Gasteiger partial charge in [0.2, 0.25) is 11.8 Å². The third kappa shape index (κ3) is 4.83. The van der Waals surface area contributed by atoms with Crippen LogP contribution in [0, 0.1) is 27.4 Å². The van der Waals surface area contributed by atoms with Gasteiger partial charge >= 0.3 is 0 Å². The van der Waals surface area contributed by atoms with Gasteiger partial charge in [0.15, 0.2) is 0 Å². The highest BCUT2D eigenvalue weighted by Crippen LogP contribution is 2.28. The summed E-state index contributed by atoms with van der Waals surface area (Å²) >= 11 is 1.04. The van der Waals surface area contributed by atoms with Crippen molar-refractivity contribution in [2.75, 3.05) is 0 Å². The van der Waals surface area contributed by atoms with Gasteiger partial charge < -0.3 is 9.73 Å². The molecule has 10 heteroatoms. The molecule has 0 unspecified atom stereocenters. The van der Waals surface area contributed by atoms with Crippen LogP contribution in [0.25, 0.3) is 11.5 Å². The summed E-state index contributed by atoms with van der Waals surface area (Å²) in [5.41, 5.74) is -0.649. The van der Waals surface area contributed by atoms with E-state index in [2.05, 4.69) is 21.6 Å². The maximum Gasteiger partial charge on any atom is 0.277 e. The molecule has 0 bridgehead atoms. The second kappa shape index (κ2) is 8.18. The zero-order valence-corrected chi connectivity index (χ0v) is 16.1. The molecule has 0 radical (unpaired) electrons. The number of aromatic nitrogens is 2. The number of hydrogen-bond acceptors (Lipinski definition) is 8. The average Bonchev–Trinajstić information content (AvgIpc) is 3.09. The maximum absolute atomic E-state index is 12.4. The van der Waals surface area contributed by atoms with Gasteiger partial charge in [-0.1, -0.05) is 31.7 Å². The molecule has 0 aliphatic heterocycles. The largest absolute Gasteiger partial charge is 0.411 e. The summed E-state index contributed by atoms with van der Waals surface area (Å²) in [6.07, 6.45) is 0. The fourth-order valence-electron chi connectivity index (χ4n) is 1.99. The van der Waals surface area contributed by atoms with Gasteiger partial charge in [0, 0.05) is 17.7 Å². The summed E-state index contributed by atoms with van der Waals surface area (Å²) in [7, 11) is 0. The molecule has 142 valence electrons. The van der Waals surface area contributed by atoms with E-state index in [0.717, 1.165) is 11.8 Å². The van der Waals surface area contributed by atoms with Crippen molar-refractivity contribution >= 4 is 23.4 Å². The van der Waals surface area contributed by atoms with Gasteiger partial charge in [0.1, 0.15) is 5.54 Å². The molecule has 2 atom stereocenters. The lowest BCUT2D eigenvalue weighted by Gasteiger charge is -2.28. The normalized spacial score (nSPS) is 14.2. The molecule has 0 aliphatic rings. The highest BCUT2D eigenvalue weighted by atomic mass is 32.2. The number of thioether (sulfide) groups is 1. The van der Waals surface area contributed by atoms with Gasteiger partial charge in [0.05, 0.1) is 16.2 Å². The first-order valence-corrected chi connectivity index (χ1v) is 9.02. The van der Waals surface area contributed by atoms with Crippen LogP contribution in [-0.2, 0) is 4.79 Å². The summed E-state index contributed by atoms with van der Waals surface area (Å²) in [5.74, 6) is -0.266. The van der Waals surface area contributed by atoms with Crippen LogP contribution in [-0.4, -0.2) is 31.8 Å². The summed E-state index contributed by atoms with van der Waals surface area (Å²) in [6, 6.07) is 7.96. The Morgan fingerprint density at radius 3 is 2.70 bits per heavy atom. The highest BCUT2D eigenvalue weighted by Gasteiger charge is 2.32. The Kier molecular flexibility index (Phi) is 6.17. The lowest BCUT2D eigenvalue weighted by Crippen LogP contribution is -2.51. The standard InChI is InChI=1S/C17H19N5O4S/c1-10(2)17(4,9-18)19-14(23)11(3)27-16-21-20-15(26-16)12-6-5-7-13(8-12)22(24)25/h5-8,10-11H,1-4H3,(H,19,23)/t11-,17+/m0/s1. The second-order valence-corrected chi connectivity index (χ2v) is 7.69. The minimum atomic E-state index is -0.977. The smallest absolute Gasteiger partial charge is 0.277 e. The number of hydrogen-bond donors (Lipinski definition) is 1. The van der Waals surface area contributed by atoms with Crippen LogP contribution in [0.2, 0.25) is 0 Å². The summed E-state index contributed by atoms with van der Waals surface area (Å²) in [6.45, 7) is 7.03. The van der Waals surface area contributed by atoms with Crippen molar-refractivity contribution in [1.29, 1.82) is 5.26 Å². The zero-order valence-electron chi connectivity index (χ0n) is 15.3. The molecular formula is C17H19N5O4S. The van der Waals surface area contributed by atoms with E-state index in [4.69, 9.17) is 4.42 Å². The molecule has 1 aromatic heterocycles. The number of benzene rings is 1. The maximum atomic E-state index is 12.4. The molecule has 9 nitrogen and oxygen atoms in total. The van der Waals surface area contributed by atoms with Gasteiger partial charge in [-0.15, -0.1) is 10.2 Å².